The van der Waals surface area contributed by atoms with Crippen LogP contribution in [0.15, 0.2) is 24.3 Å². The molecule has 0 amide bonds. The second-order valence-electron chi connectivity index (χ2n) is 6.59. The van der Waals surface area contributed by atoms with Crippen LogP contribution in [-0.2, 0) is 10.3 Å². The fraction of sp³-hybridized carbons (Fsp3) is 0.562. The molecule has 1 fully saturated rings. The van der Waals surface area contributed by atoms with Crippen molar-refractivity contribution in [3.63, 3.8) is 0 Å². The van der Waals surface area contributed by atoms with Crippen LogP contribution in [0, 0.1) is 0 Å². The normalized spacial score (nSPS) is 22.4. The van der Waals surface area contributed by atoms with Crippen molar-refractivity contribution in [2.24, 2.45) is 0 Å². The van der Waals surface area contributed by atoms with Gasteiger partial charge in [0.15, 0.2) is 0 Å². The van der Waals surface area contributed by atoms with Gasteiger partial charge < -0.3 is 4.74 Å². The lowest BCUT2D eigenvalue weighted by Crippen LogP contribution is -2.50. The van der Waals surface area contributed by atoms with Crippen LogP contribution in [0.5, 0.6) is 0 Å². The maximum absolute atomic E-state index is 12.0. The Bertz CT molecular complexity index is 508. The molecule has 1 aromatic carbocycles. The number of hydrogen-bond acceptors (Lipinski definition) is 3. The average molecular weight is 259 g/mol. The largest absolute Gasteiger partial charge is 0.450 e. The molecule has 3 rings (SSSR count). The Morgan fingerprint density at radius 1 is 1.16 bits per heavy atom. The van der Waals surface area contributed by atoms with Crippen LogP contribution in [-0.4, -0.2) is 29.5 Å². The third-order valence-electron chi connectivity index (χ3n) is 4.45. The second kappa shape index (κ2) is 4.07. The first-order chi connectivity index (χ1) is 8.92. The maximum Gasteiger partial charge on any atom is 0.339 e. The molecule has 1 spiro atoms. The van der Waals surface area contributed by atoms with Crippen molar-refractivity contribution in [2.75, 3.05) is 13.1 Å². The number of hydrogen-bond donors (Lipinski definition) is 0. The Kier molecular flexibility index (Phi) is 2.72. The van der Waals surface area contributed by atoms with Gasteiger partial charge in [0.1, 0.15) is 5.60 Å². The smallest absolute Gasteiger partial charge is 0.339 e. The van der Waals surface area contributed by atoms with Crippen LogP contribution < -0.4 is 0 Å². The van der Waals surface area contributed by atoms with Crippen molar-refractivity contribution in [1.82, 2.24) is 4.90 Å². The predicted molar refractivity (Wildman–Crippen MR) is 74.1 cm³/mol. The fourth-order valence-corrected chi connectivity index (χ4v) is 3.26. The van der Waals surface area contributed by atoms with E-state index in [0.717, 1.165) is 37.1 Å². The number of nitrogens with zero attached hydrogens (tertiary/aromatic N) is 1. The number of carbonyl (C=O) groups is 1. The lowest BCUT2D eigenvalue weighted by Gasteiger charge is -2.44. The maximum atomic E-state index is 12.0. The second-order valence-corrected chi connectivity index (χ2v) is 6.59. The molecular formula is C16H21NO2. The number of benzene rings is 1. The number of esters is 1. The summed E-state index contributed by atoms with van der Waals surface area (Å²) < 4.78 is 5.76. The third kappa shape index (κ3) is 1.96. The van der Waals surface area contributed by atoms with Gasteiger partial charge in [-0.3, -0.25) is 4.90 Å². The summed E-state index contributed by atoms with van der Waals surface area (Å²) in [7, 11) is 0. The van der Waals surface area contributed by atoms with Gasteiger partial charge in [0, 0.05) is 37.0 Å². The molecule has 2 heterocycles. The minimum Gasteiger partial charge on any atom is -0.450 e. The van der Waals surface area contributed by atoms with Crippen molar-refractivity contribution < 1.29 is 9.53 Å². The molecule has 0 bridgehead atoms. The molecule has 2 aliphatic rings. The molecule has 1 saturated heterocycles. The number of piperidine rings is 1. The molecule has 2 aliphatic heterocycles. The van der Waals surface area contributed by atoms with Crippen molar-refractivity contribution in [1.29, 1.82) is 0 Å². The number of fused-ring (bicyclic) bond motifs is 2. The Hall–Kier alpha value is -1.35. The van der Waals surface area contributed by atoms with Gasteiger partial charge in [-0.25, -0.2) is 4.79 Å². The quantitative estimate of drug-likeness (QED) is 0.671. The number of ether oxygens (including phenoxy) is 1. The molecule has 0 saturated carbocycles. The monoisotopic (exact) mass is 259 g/mol. The molecule has 0 N–H and O–H groups in total. The predicted octanol–water partition coefficient (Wildman–Crippen LogP) is 2.95. The molecule has 3 nitrogen and oxygen atoms in total. The summed E-state index contributed by atoms with van der Waals surface area (Å²) in [5.74, 6) is -0.153. The first-order valence-electron chi connectivity index (χ1n) is 7.00. The summed E-state index contributed by atoms with van der Waals surface area (Å²) >= 11 is 0. The molecule has 0 unspecified atom stereocenters. The van der Waals surface area contributed by atoms with Gasteiger partial charge in [0.2, 0.25) is 0 Å². The fourth-order valence-electron chi connectivity index (χ4n) is 3.26. The summed E-state index contributed by atoms with van der Waals surface area (Å²) in [6, 6.07) is 7.83. The number of rotatable bonds is 0. The van der Waals surface area contributed by atoms with Crippen LogP contribution in [0.25, 0.3) is 0 Å². The minimum atomic E-state index is -0.366. The zero-order valence-corrected chi connectivity index (χ0v) is 11.9. The van der Waals surface area contributed by atoms with Crippen molar-refractivity contribution in [3.05, 3.63) is 35.4 Å². The topological polar surface area (TPSA) is 29.5 Å². The highest BCUT2D eigenvalue weighted by atomic mass is 16.6. The summed E-state index contributed by atoms with van der Waals surface area (Å²) in [6.45, 7) is 8.66. The lowest BCUT2D eigenvalue weighted by atomic mass is 9.82. The molecule has 0 radical (unpaired) electrons. The molecule has 1 aromatic rings. The summed E-state index contributed by atoms with van der Waals surface area (Å²) in [5.41, 5.74) is 1.67. The Morgan fingerprint density at radius 2 is 1.79 bits per heavy atom. The minimum absolute atomic E-state index is 0.153. The van der Waals surface area contributed by atoms with E-state index in [1.165, 1.54) is 0 Å². The zero-order valence-electron chi connectivity index (χ0n) is 11.9. The standard InChI is InChI=1S/C16H21NO2/c1-15(2,3)17-10-8-16(9-11-17)13-7-5-4-6-12(13)14(18)19-16/h4-7H,8-11H2,1-3H3. The number of carbonyl (C=O) groups excluding carboxylic acids is 1. The summed E-state index contributed by atoms with van der Waals surface area (Å²) in [5, 5.41) is 0. The number of likely N-dealkylation sites (tertiary alicyclic amines) is 1. The molecule has 0 atom stereocenters. The van der Waals surface area contributed by atoms with E-state index in [-0.39, 0.29) is 17.1 Å². The first kappa shape index (κ1) is 12.7. The van der Waals surface area contributed by atoms with Crippen LogP contribution in [0.1, 0.15) is 49.5 Å². The van der Waals surface area contributed by atoms with Gasteiger partial charge in [-0.1, -0.05) is 18.2 Å². The van der Waals surface area contributed by atoms with Crippen molar-refractivity contribution in [3.8, 4) is 0 Å². The van der Waals surface area contributed by atoms with Gasteiger partial charge in [0.25, 0.3) is 0 Å². The van der Waals surface area contributed by atoms with Crippen LogP contribution >= 0.6 is 0 Å². The molecule has 0 aromatic heterocycles. The summed E-state index contributed by atoms with van der Waals surface area (Å²) in [4.78, 5) is 14.4. The Balaban J connectivity index is 1.87. The van der Waals surface area contributed by atoms with Crippen molar-refractivity contribution >= 4 is 5.97 Å². The zero-order chi connectivity index (χ0) is 13.7. The SMILES string of the molecule is CC(C)(C)N1CCC2(CC1)OC(=O)c1ccccc12. The Labute approximate surface area is 114 Å². The average Bonchev–Trinajstić information content (AvgIpc) is 2.63. The van der Waals surface area contributed by atoms with Gasteiger partial charge >= 0.3 is 5.97 Å². The van der Waals surface area contributed by atoms with Crippen LogP contribution in [0.4, 0.5) is 0 Å². The van der Waals surface area contributed by atoms with E-state index in [2.05, 4.69) is 25.7 Å². The van der Waals surface area contributed by atoms with Gasteiger partial charge in [-0.15, -0.1) is 0 Å². The summed E-state index contributed by atoms with van der Waals surface area (Å²) in [6.07, 6.45) is 1.79. The van der Waals surface area contributed by atoms with E-state index >= 15 is 0 Å². The van der Waals surface area contributed by atoms with Gasteiger partial charge in [0.05, 0.1) is 5.56 Å². The van der Waals surface area contributed by atoms with Crippen LogP contribution in [0.3, 0.4) is 0 Å². The van der Waals surface area contributed by atoms with E-state index in [1.807, 2.05) is 24.3 Å². The van der Waals surface area contributed by atoms with E-state index in [1.54, 1.807) is 0 Å². The van der Waals surface area contributed by atoms with E-state index in [9.17, 15) is 4.79 Å². The molecular weight excluding hydrogens is 238 g/mol. The molecule has 19 heavy (non-hydrogen) atoms. The van der Waals surface area contributed by atoms with E-state index in [0.29, 0.717) is 0 Å². The third-order valence-corrected chi connectivity index (χ3v) is 4.45. The molecule has 3 heteroatoms. The van der Waals surface area contributed by atoms with Crippen molar-refractivity contribution in [2.45, 2.75) is 44.8 Å². The highest BCUT2D eigenvalue weighted by molar-refractivity contribution is 5.94. The lowest BCUT2D eigenvalue weighted by molar-refractivity contribution is -0.0563. The van der Waals surface area contributed by atoms with E-state index in [4.69, 9.17) is 4.74 Å². The highest BCUT2D eigenvalue weighted by Crippen LogP contribution is 2.44. The Morgan fingerprint density at radius 3 is 2.42 bits per heavy atom. The molecule has 0 aliphatic carbocycles. The highest BCUT2D eigenvalue weighted by Gasteiger charge is 2.47. The van der Waals surface area contributed by atoms with E-state index < -0.39 is 0 Å². The van der Waals surface area contributed by atoms with Crippen LogP contribution in [0.2, 0.25) is 0 Å². The van der Waals surface area contributed by atoms with Gasteiger partial charge in [-0.2, -0.15) is 0 Å². The molecule has 102 valence electrons. The van der Waals surface area contributed by atoms with Gasteiger partial charge in [-0.05, 0) is 26.8 Å². The first-order valence-corrected chi connectivity index (χ1v) is 7.00.